The SMILES string of the molecule is O=C(NCc1ccc(Cn2ccnc2)cc1)c1cc(-c2ccc3c(c2)OCCO3)nc2ccccc12. The van der Waals surface area contributed by atoms with Crippen LogP contribution in [0.5, 0.6) is 11.5 Å². The van der Waals surface area contributed by atoms with Gasteiger partial charge in [0.25, 0.3) is 5.91 Å². The molecule has 0 saturated carbocycles. The molecule has 0 saturated heterocycles. The zero-order chi connectivity index (χ0) is 24.3. The van der Waals surface area contributed by atoms with E-state index >= 15 is 0 Å². The first kappa shape index (κ1) is 21.9. The topological polar surface area (TPSA) is 78.3 Å². The smallest absolute Gasteiger partial charge is 0.252 e. The summed E-state index contributed by atoms with van der Waals surface area (Å²) < 4.78 is 13.4. The molecule has 1 aliphatic heterocycles. The van der Waals surface area contributed by atoms with E-state index in [2.05, 4.69) is 22.4 Å². The van der Waals surface area contributed by atoms with Crippen molar-refractivity contribution in [2.45, 2.75) is 13.1 Å². The average molecular weight is 477 g/mol. The zero-order valence-electron chi connectivity index (χ0n) is 19.6. The van der Waals surface area contributed by atoms with Crippen LogP contribution in [0.25, 0.3) is 22.2 Å². The predicted octanol–water partition coefficient (Wildman–Crippen LogP) is 4.85. The van der Waals surface area contributed by atoms with Crippen LogP contribution in [-0.2, 0) is 13.1 Å². The molecule has 1 aliphatic rings. The van der Waals surface area contributed by atoms with Gasteiger partial charge in [0.15, 0.2) is 11.5 Å². The third kappa shape index (κ3) is 4.51. The number of fused-ring (bicyclic) bond motifs is 2. The number of hydrogen-bond donors (Lipinski definition) is 1. The van der Waals surface area contributed by atoms with Gasteiger partial charge >= 0.3 is 0 Å². The molecule has 6 rings (SSSR count). The third-order valence-corrected chi connectivity index (χ3v) is 6.20. The number of carbonyl (C=O) groups excluding carboxylic acids is 1. The normalized spacial score (nSPS) is 12.4. The van der Waals surface area contributed by atoms with E-state index in [9.17, 15) is 4.79 Å². The number of nitrogens with one attached hydrogen (secondary N) is 1. The number of carbonyl (C=O) groups is 1. The van der Waals surface area contributed by atoms with Crippen LogP contribution in [-0.4, -0.2) is 33.7 Å². The fraction of sp³-hybridized carbons (Fsp3) is 0.138. The molecule has 3 heterocycles. The summed E-state index contributed by atoms with van der Waals surface area (Å²) in [7, 11) is 0. The van der Waals surface area contributed by atoms with Crippen LogP contribution in [0.15, 0.2) is 91.5 Å². The minimum Gasteiger partial charge on any atom is -0.486 e. The van der Waals surface area contributed by atoms with E-state index in [4.69, 9.17) is 14.5 Å². The lowest BCUT2D eigenvalue weighted by Crippen LogP contribution is -2.23. The summed E-state index contributed by atoms with van der Waals surface area (Å²) in [6.45, 7) is 2.25. The van der Waals surface area contributed by atoms with Crippen molar-refractivity contribution in [1.29, 1.82) is 0 Å². The van der Waals surface area contributed by atoms with Gasteiger partial charge in [0.2, 0.25) is 0 Å². The number of imidazole rings is 1. The predicted molar refractivity (Wildman–Crippen MR) is 137 cm³/mol. The van der Waals surface area contributed by atoms with Crippen molar-refractivity contribution in [1.82, 2.24) is 19.9 Å². The van der Waals surface area contributed by atoms with E-state index in [-0.39, 0.29) is 5.91 Å². The van der Waals surface area contributed by atoms with Crippen LogP contribution < -0.4 is 14.8 Å². The summed E-state index contributed by atoms with van der Waals surface area (Å²) in [5, 5.41) is 3.89. The molecule has 0 fully saturated rings. The minimum atomic E-state index is -0.144. The van der Waals surface area contributed by atoms with Crippen LogP contribution in [0.3, 0.4) is 0 Å². The van der Waals surface area contributed by atoms with Crippen molar-refractivity contribution in [3.05, 3.63) is 108 Å². The summed E-state index contributed by atoms with van der Waals surface area (Å²) in [5.74, 6) is 1.27. The lowest BCUT2D eigenvalue weighted by Gasteiger charge is -2.19. The van der Waals surface area contributed by atoms with Crippen molar-refractivity contribution in [2.75, 3.05) is 13.2 Å². The highest BCUT2D eigenvalue weighted by Crippen LogP contribution is 2.35. The highest BCUT2D eigenvalue weighted by atomic mass is 16.6. The number of ether oxygens (including phenoxy) is 2. The molecule has 0 spiro atoms. The standard InChI is InChI=1S/C29H24N4O3/c34-29(31-17-20-5-7-21(8-6-20)18-33-12-11-30-19-33)24-16-26(32-25-4-2-1-3-23(24)25)22-9-10-27-28(15-22)36-14-13-35-27/h1-12,15-16,19H,13-14,17-18H2,(H,31,34). The molecule has 1 amide bonds. The molecular weight excluding hydrogens is 452 g/mol. The Hall–Kier alpha value is -4.65. The molecule has 7 heteroatoms. The molecule has 0 aliphatic carbocycles. The largest absolute Gasteiger partial charge is 0.486 e. The highest BCUT2D eigenvalue weighted by molar-refractivity contribution is 6.07. The molecule has 5 aromatic rings. The second-order valence-corrected chi connectivity index (χ2v) is 8.66. The quantitative estimate of drug-likeness (QED) is 0.379. The minimum absolute atomic E-state index is 0.144. The maximum absolute atomic E-state index is 13.3. The van der Waals surface area contributed by atoms with Gasteiger partial charge in [0.1, 0.15) is 13.2 Å². The number of hydrogen-bond acceptors (Lipinski definition) is 5. The molecule has 178 valence electrons. The van der Waals surface area contributed by atoms with Gasteiger partial charge < -0.3 is 19.4 Å². The Labute approximate surface area is 208 Å². The molecule has 0 unspecified atom stereocenters. The molecule has 0 atom stereocenters. The van der Waals surface area contributed by atoms with Crippen molar-refractivity contribution in [3.63, 3.8) is 0 Å². The second-order valence-electron chi connectivity index (χ2n) is 8.66. The summed E-state index contributed by atoms with van der Waals surface area (Å²) in [6, 6.07) is 23.5. The molecular formula is C29H24N4O3. The lowest BCUT2D eigenvalue weighted by molar-refractivity contribution is 0.0952. The Morgan fingerprint density at radius 3 is 2.56 bits per heavy atom. The van der Waals surface area contributed by atoms with E-state index in [1.165, 1.54) is 5.56 Å². The van der Waals surface area contributed by atoms with Gasteiger partial charge in [-0.15, -0.1) is 0 Å². The van der Waals surface area contributed by atoms with Gasteiger partial charge in [-0.2, -0.15) is 0 Å². The number of pyridine rings is 1. The Bertz CT molecular complexity index is 1530. The molecule has 0 radical (unpaired) electrons. The molecule has 36 heavy (non-hydrogen) atoms. The second kappa shape index (κ2) is 9.54. The Kier molecular flexibility index (Phi) is 5.79. The number of amides is 1. The summed E-state index contributed by atoms with van der Waals surface area (Å²) in [4.78, 5) is 22.2. The van der Waals surface area contributed by atoms with Gasteiger partial charge in [-0.3, -0.25) is 4.79 Å². The van der Waals surface area contributed by atoms with Crippen LogP contribution in [0.2, 0.25) is 0 Å². The van der Waals surface area contributed by atoms with Gasteiger partial charge in [-0.1, -0.05) is 42.5 Å². The monoisotopic (exact) mass is 476 g/mol. The van der Waals surface area contributed by atoms with Gasteiger partial charge in [0, 0.05) is 36.4 Å². The van der Waals surface area contributed by atoms with E-state index in [0.29, 0.717) is 36.8 Å². The first-order chi connectivity index (χ1) is 17.7. The maximum atomic E-state index is 13.3. The fourth-order valence-electron chi connectivity index (χ4n) is 4.34. The number of aromatic nitrogens is 3. The van der Waals surface area contributed by atoms with Crippen molar-refractivity contribution >= 4 is 16.8 Å². The van der Waals surface area contributed by atoms with Crippen LogP contribution in [0.4, 0.5) is 0 Å². The molecule has 7 nitrogen and oxygen atoms in total. The third-order valence-electron chi connectivity index (χ3n) is 6.20. The van der Waals surface area contributed by atoms with Crippen molar-refractivity contribution in [3.8, 4) is 22.8 Å². The summed E-state index contributed by atoms with van der Waals surface area (Å²) >= 11 is 0. The Morgan fingerprint density at radius 1 is 0.917 bits per heavy atom. The maximum Gasteiger partial charge on any atom is 0.252 e. The van der Waals surface area contributed by atoms with Gasteiger partial charge in [-0.05, 0) is 41.5 Å². The average Bonchev–Trinajstić information content (AvgIpc) is 3.44. The summed E-state index contributed by atoms with van der Waals surface area (Å²) in [6.07, 6.45) is 5.50. The molecule has 2 aromatic heterocycles. The van der Waals surface area contributed by atoms with Crippen molar-refractivity contribution < 1.29 is 14.3 Å². The molecule has 3 aromatic carbocycles. The van der Waals surface area contributed by atoms with Gasteiger partial charge in [-0.25, -0.2) is 9.97 Å². The molecule has 1 N–H and O–H groups in total. The number of benzene rings is 3. The van der Waals surface area contributed by atoms with Crippen molar-refractivity contribution in [2.24, 2.45) is 0 Å². The molecule has 0 bridgehead atoms. The van der Waals surface area contributed by atoms with Crippen LogP contribution in [0, 0.1) is 0 Å². The van der Waals surface area contributed by atoms with E-state index < -0.39 is 0 Å². The Balaban J connectivity index is 1.24. The fourth-order valence-corrected chi connectivity index (χ4v) is 4.34. The number of para-hydroxylation sites is 1. The van der Waals surface area contributed by atoms with Crippen LogP contribution in [0.1, 0.15) is 21.5 Å². The number of nitrogens with zero attached hydrogens (tertiary/aromatic N) is 3. The highest BCUT2D eigenvalue weighted by Gasteiger charge is 2.17. The first-order valence-corrected chi connectivity index (χ1v) is 11.8. The summed E-state index contributed by atoms with van der Waals surface area (Å²) in [5.41, 5.74) is 5.13. The number of rotatable bonds is 6. The van der Waals surface area contributed by atoms with Crippen LogP contribution >= 0.6 is 0 Å². The van der Waals surface area contributed by atoms with E-state index in [0.717, 1.165) is 34.3 Å². The van der Waals surface area contributed by atoms with E-state index in [1.54, 1.807) is 12.5 Å². The zero-order valence-corrected chi connectivity index (χ0v) is 19.6. The first-order valence-electron chi connectivity index (χ1n) is 11.8. The lowest BCUT2D eigenvalue weighted by atomic mass is 10.0. The Morgan fingerprint density at radius 2 is 1.72 bits per heavy atom. The van der Waals surface area contributed by atoms with E-state index in [1.807, 2.05) is 71.4 Å². The van der Waals surface area contributed by atoms with Gasteiger partial charge in [0.05, 0.1) is 23.1 Å².